The van der Waals surface area contributed by atoms with Crippen LogP contribution in [-0.4, -0.2) is 12.6 Å². The standard InChI is InChI=1S/C14H19BrFN/c1-2-17-14(10-4-3-5-10)9-11-8-12(15)6-7-13(11)16/h6-8,10,14,17H,2-5,9H2,1H3. The number of nitrogens with one attached hydrogen (secondary N) is 1. The molecule has 1 unspecified atom stereocenters. The summed E-state index contributed by atoms with van der Waals surface area (Å²) in [5.41, 5.74) is 0.817. The zero-order chi connectivity index (χ0) is 12.3. The van der Waals surface area contributed by atoms with Crippen molar-refractivity contribution in [2.24, 2.45) is 5.92 Å². The molecule has 0 amide bonds. The monoisotopic (exact) mass is 299 g/mol. The predicted molar refractivity (Wildman–Crippen MR) is 72.6 cm³/mol. The first-order valence-corrected chi connectivity index (χ1v) is 7.17. The summed E-state index contributed by atoms with van der Waals surface area (Å²) < 4.78 is 14.7. The quantitative estimate of drug-likeness (QED) is 0.869. The van der Waals surface area contributed by atoms with Crippen LogP contribution in [0.25, 0.3) is 0 Å². The second-order valence-electron chi connectivity index (χ2n) is 4.80. The number of halogens is 2. The normalized spacial score (nSPS) is 17.8. The SMILES string of the molecule is CCNC(Cc1cc(Br)ccc1F)C1CCC1. The average molecular weight is 300 g/mol. The van der Waals surface area contributed by atoms with Crippen molar-refractivity contribution in [3.05, 3.63) is 34.1 Å². The van der Waals surface area contributed by atoms with E-state index in [9.17, 15) is 4.39 Å². The Hall–Kier alpha value is -0.410. The van der Waals surface area contributed by atoms with Gasteiger partial charge in [-0.2, -0.15) is 0 Å². The summed E-state index contributed by atoms with van der Waals surface area (Å²) in [5.74, 6) is 0.642. The first kappa shape index (κ1) is 13.0. The van der Waals surface area contributed by atoms with Crippen LogP contribution in [0.2, 0.25) is 0 Å². The molecule has 0 aromatic heterocycles. The Morgan fingerprint density at radius 2 is 2.24 bits per heavy atom. The second-order valence-corrected chi connectivity index (χ2v) is 5.71. The van der Waals surface area contributed by atoms with Gasteiger partial charge < -0.3 is 5.32 Å². The highest BCUT2D eigenvalue weighted by Crippen LogP contribution is 2.31. The fourth-order valence-corrected chi connectivity index (χ4v) is 2.86. The molecule has 0 heterocycles. The zero-order valence-corrected chi connectivity index (χ0v) is 11.8. The van der Waals surface area contributed by atoms with Crippen LogP contribution in [0.3, 0.4) is 0 Å². The summed E-state index contributed by atoms with van der Waals surface area (Å²) >= 11 is 3.41. The molecule has 1 aliphatic rings. The van der Waals surface area contributed by atoms with Crippen molar-refractivity contribution in [1.82, 2.24) is 5.32 Å². The van der Waals surface area contributed by atoms with E-state index >= 15 is 0 Å². The molecule has 17 heavy (non-hydrogen) atoms. The van der Waals surface area contributed by atoms with Crippen molar-refractivity contribution in [3.8, 4) is 0 Å². The third kappa shape index (κ3) is 3.29. The highest BCUT2D eigenvalue weighted by atomic mass is 79.9. The summed E-state index contributed by atoms with van der Waals surface area (Å²) in [6.07, 6.45) is 4.69. The van der Waals surface area contributed by atoms with Crippen LogP contribution < -0.4 is 5.32 Å². The maximum atomic E-state index is 13.7. The molecule has 1 N–H and O–H groups in total. The van der Waals surface area contributed by atoms with Crippen LogP contribution in [0, 0.1) is 11.7 Å². The second kappa shape index (κ2) is 5.96. The van der Waals surface area contributed by atoms with Gasteiger partial charge in [0.1, 0.15) is 5.82 Å². The summed E-state index contributed by atoms with van der Waals surface area (Å²) in [4.78, 5) is 0. The van der Waals surface area contributed by atoms with Crippen LogP contribution >= 0.6 is 15.9 Å². The van der Waals surface area contributed by atoms with Gasteiger partial charge >= 0.3 is 0 Å². The van der Waals surface area contributed by atoms with E-state index in [-0.39, 0.29) is 5.82 Å². The number of rotatable bonds is 5. The third-order valence-corrected chi connectivity index (χ3v) is 4.13. The van der Waals surface area contributed by atoms with Crippen LogP contribution in [-0.2, 0) is 6.42 Å². The van der Waals surface area contributed by atoms with Crippen molar-refractivity contribution in [3.63, 3.8) is 0 Å². The molecule has 3 heteroatoms. The van der Waals surface area contributed by atoms with E-state index in [1.165, 1.54) is 19.3 Å². The van der Waals surface area contributed by atoms with E-state index in [0.717, 1.165) is 28.9 Å². The Balaban J connectivity index is 2.07. The molecule has 0 bridgehead atoms. The summed E-state index contributed by atoms with van der Waals surface area (Å²) in [5, 5.41) is 3.50. The lowest BCUT2D eigenvalue weighted by molar-refractivity contribution is 0.228. The summed E-state index contributed by atoms with van der Waals surface area (Å²) in [7, 11) is 0. The Morgan fingerprint density at radius 1 is 1.47 bits per heavy atom. The minimum atomic E-state index is -0.0876. The molecule has 1 aromatic rings. The third-order valence-electron chi connectivity index (χ3n) is 3.63. The van der Waals surface area contributed by atoms with Gasteiger partial charge in [0.05, 0.1) is 0 Å². The Labute approximate surface area is 111 Å². The molecule has 1 saturated carbocycles. The van der Waals surface area contributed by atoms with E-state index < -0.39 is 0 Å². The molecule has 2 rings (SSSR count). The summed E-state index contributed by atoms with van der Waals surface area (Å²) in [6, 6.07) is 5.63. The molecular formula is C14H19BrFN. The topological polar surface area (TPSA) is 12.0 Å². The van der Waals surface area contributed by atoms with E-state index in [1.807, 2.05) is 6.07 Å². The highest BCUT2D eigenvalue weighted by Gasteiger charge is 2.27. The number of benzene rings is 1. The maximum Gasteiger partial charge on any atom is 0.126 e. The highest BCUT2D eigenvalue weighted by molar-refractivity contribution is 9.10. The molecule has 94 valence electrons. The van der Waals surface area contributed by atoms with Crippen LogP contribution in [0.5, 0.6) is 0 Å². The molecule has 0 aliphatic heterocycles. The lowest BCUT2D eigenvalue weighted by Crippen LogP contribution is -2.41. The minimum absolute atomic E-state index is 0.0876. The molecule has 0 saturated heterocycles. The van der Waals surface area contributed by atoms with Crippen LogP contribution in [0.4, 0.5) is 4.39 Å². The largest absolute Gasteiger partial charge is 0.314 e. The molecule has 1 nitrogen and oxygen atoms in total. The number of hydrogen-bond acceptors (Lipinski definition) is 1. The first-order valence-electron chi connectivity index (χ1n) is 6.38. The fraction of sp³-hybridized carbons (Fsp3) is 0.571. The van der Waals surface area contributed by atoms with Crippen molar-refractivity contribution in [1.29, 1.82) is 0 Å². The van der Waals surface area contributed by atoms with Gasteiger partial charge in [0, 0.05) is 10.5 Å². The van der Waals surface area contributed by atoms with Gasteiger partial charge in [-0.3, -0.25) is 0 Å². The van der Waals surface area contributed by atoms with Crippen molar-refractivity contribution < 1.29 is 4.39 Å². The minimum Gasteiger partial charge on any atom is -0.314 e. The average Bonchev–Trinajstić information content (AvgIpc) is 2.21. The van der Waals surface area contributed by atoms with Crippen molar-refractivity contribution in [2.75, 3.05) is 6.54 Å². The maximum absolute atomic E-state index is 13.7. The molecule has 1 atom stereocenters. The molecule has 1 fully saturated rings. The lowest BCUT2D eigenvalue weighted by Gasteiger charge is -2.34. The smallest absolute Gasteiger partial charge is 0.126 e. The molecule has 1 aromatic carbocycles. The van der Waals surface area contributed by atoms with Gasteiger partial charge in [0.2, 0.25) is 0 Å². The van der Waals surface area contributed by atoms with E-state index in [1.54, 1.807) is 12.1 Å². The van der Waals surface area contributed by atoms with Gasteiger partial charge in [-0.05, 0) is 55.5 Å². The fourth-order valence-electron chi connectivity index (χ4n) is 2.45. The Morgan fingerprint density at radius 3 is 2.82 bits per heavy atom. The lowest BCUT2D eigenvalue weighted by atomic mass is 9.77. The van der Waals surface area contributed by atoms with Crippen LogP contribution in [0.1, 0.15) is 31.7 Å². The van der Waals surface area contributed by atoms with Crippen molar-refractivity contribution >= 4 is 15.9 Å². The molecule has 1 aliphatic carbocycles. The Bertz CT molecular complexity index is 376. The number of hydrogen-bond donors (Lipinski definition) is 1. The number of likely N-dealkylation sites (N-methyl/N-ethyl adjacent to an activating group) is 1. The predicted octanol–water partition coefficient (Wildman–Crippen LogP) is 3.91. The first-order chi connectivity index (χ1) is 8.20. The van der Waals surface area contributed by atoms with E-state index in [4.69, 9.17) is 0 Å². The van der Waals surface area contributed by atoms with Gasteiger partial charge in [-0.1, -0.05) is 29.3 Å². The molecule has 0 spiro atoms. The zero-order valence-electron chi connectivity index (χ0n) is 10.2. The van der Waals surface area contributed by atoms with E-state index in [0.29, 0.717) is 6.04 Å². The van der Waals surface area contributed by atoms with Gasteiger partial charge in [-0.25, -0.2) is 4.39 Å². The van der Waals surface area contributed by atoms with E-state index in [2.05, 4.69) is 28.2 Å². The van der Waals surface area contributed by atoms with Crippen LogP contribution in [0.15, 0.2) is 22.7 Å². The molecule has 0 radical (unpaired) electrons. The summed E-state index contributed by atoms with van der Waals surface area (Å²) in [6.45, 7) is 3.07. The van der Waals surface area contributed by atoms with Gasteiger partial charge in [0.15, 0.2) is 0 Å². The van der Waals surface area contributed by atoms with Gasteiger partial charge in [0.25, 0.3) is 0 Å². The molecular weight excluding hydrogens is 281 g/mol. The van der Waals surface area contributed by atoms with Gasteiger partial charge in [-0.15, -0.1) is 0 Å². The van der Waals surface area contributed by atoms with Crippen molar-refractivity contribution in [2.45, 2.75) is 38.6 Å². The Kier molecular flexibility index (Phi) is 4.57.